The molecule has 1 N–H and O–H groups in total. The Morgan fingerprint density at radius 2 is 2.05 bits per heavy atom. The molecule has 0 aromatic heterocycles. The lowest BCUT2D eigenvalue weighted by molar-refractivity contribution is 0.0233. The molecule has 0 aliphatic carbocycles. The minimum atomic E-state index is 0.292. The van der Waals surface area contributed by atoms with Gasteiger partial charge in [0.05, 0.1) is 0 Å². The Hall–Kier alpha value is -1.06. The van der Waals surface area contributed by atoms with Crippen LogP contribution >= 0.6 is 0 Å². The first-order valence-corrected chi connectivity index (χ1v) is 7.28. The van der Waals surface area contributed by atoms with Gasteiger partial charge in [-0.25, -0.2) is 0 Å². The summed E-state index contributed by atoms with van der Waals surface area (Å²) in [5.74, 6) is 1.06. The minimum absolute atomic E-state index is 0.292. The molecule has 104 valence electrons. The molecule has 0 bridgehead atoms. The lowest BCUT2D eigenvalue weighted by Crippen LogP contribution is -2.40. The Morgan fingerprint density at radius 1 is 1.26 bits per heavy atom. The summed E-state index contributed by atoms with van der Waals surface area (Å²) in [4.78, 5) is 0. The maximum Gasteiger partial charge on any atom is 0.123 e. The molecule has 3 rings (SSSR count). The Labute approximate surface area is 115 Å². The number of hydrogen-bond donors (Lipinski definition) is 1. The molecular formula is C16H23NO2. The van der Waals surface area contributed by atoms with Crippen molar-refractivity contribution in [2.24, 2.45) is 5.41 Å². The van der Waals surface area contributed by atoms with E-state index >= 15 is 0 Å². The van der Waals surface area contributed by atoms with Gasteiger partial charge in [0.15, 0.2) is 0 Å². The topological polar surface area (TPSA) is 30.5 Å². The second-order valence-electron chi connectivity index (χ2n) is 6.11. The first-order chi connectivity index (χ1) is 9.25. The summed E-state index contributed by atoms with van der Waals surface area (Å²) in [6.07, 6.45) is 3.64. The van der Waals surface area contributed by atoms with Crippen molar-refractivity contribution < 1.29 is 9.47 Å². The smallest absolute Gasteiger partial charge is 0.123 e. The molecule has 1 saturated heterocycles. The molecule has 2 aliphatic rings. The summed E-state index contributed by atoms with van der Waals surface area (Å²) in [6, 6.07) is 8.35. The maximum absolute atomic E-state index is 5.94. The van der Waals surface area contributed by atoms with Crippen molar-refractivity contribution in [1.29, 1.82) is 0 Å². The normalized spacial score (nSPS) is 24.8. The quantitative estimate of drug-likeness (QED) is 0.903. The van der Waals surface area contributed by atoms with E-state index < -0.39 is 0 Å². The molecule has 0 saturated carbocycles. The van der Waals surface area contributed by atoms with Crippen LogP contribution in [0.1, 0.15) is 25.3 Å². The number of hydrogen-bond acceptors (Lipinski definition) is 3. The van der Waals surface area contributed by atoms with Gasteiger partial charge in [0.1, 0.15) is 11.9 Å². The van der Waals surface area contributed by atoms with Gasteiger partial charge in [-0.15, -0.1) is 0 Å². The van der Waals surface area contributed by atoms with Gasteiger partial charge in [-0.2, -0.15) is 0 Å². The molecule has 2 aliphatic heterocycles. The zero-order valence-corrected chi connectivity index (χ0v) is 11.7. The monoisotopic (exact) mass is 261 g/mol. The van der Waals surface area contributed by atoms with Gasteiger partial charge in [0, 0.05) is 32.7 Å². The predicted octanol–water partition coefficient (Wildman–Crippen LogP) is 2.40. The van der Waals surface area contributed by atoms with Gasteiger partial charge in [-0.1, -0.05) is 25.1 Å². The van der Waals surface area contributed by atoms with E-state index in [1.807, 2.05) is 6.07 Å². The third kappa shape index (κ3) is 3.10. The fraction of sp³-hybridized carbons (Fsp3) is 0.625. The molecule has 0 amide bonds. The zero-order chi connectivity index (χ0) is 13.1. The Kier molecular flexibility index (Phi) is 3.76. The fourth-order valence-electron chi connectivity index (χ4n) is 2.94. The summed E-state index contributed by atoms with van der Waals surface area (Å²) >= 11 is 0. The first kappa shape index (κ1) is 12.9. The molecule has 3 nitrogen and oxygen atoms in total. The molecule has 1 aromatic rings. The number of fused-ring (bicyclic) bond motifs is 1. The highest BCUT2D eigenvalue weighted by Gasteiger charge is 2.28. The predicted molar refractivity (Wildman–Crippen MR) is 75.6 cm³/mol. The summed E-state index contributed by atoms with van der Waals surface area (Å²) in [5, 5.41) is 3.59. The molecule has 2 heterocycles. The Morgan fingerprint density at radius 3 is 2.84 bits per heavy atom. The van der Waals surface area contributed by atoms with Crippen LogP contribution in [0.2, 0.25) is 0 Å². The fourth-order valence-corrected chi connectivity index (χ4v) is 2.94. The molecule has 1 atom stereocenters. The van der Waals surface area contributed by atoms with E-state index in [9.17, 15) is 0 Å². The summed E-state index contributed by atoms with van der Waals surface area (Å²) < 4.78 is 11.4. The van der Waals surface area contributed by atoms with E-state index in [1.54, 1.807) is 0 Å². The van der Waals surface area contributed by atoms with Crippen LogP contribution in [0.3, 0.4) is 0 Å². The standard InChI is InChI=1S/C16H23NO2/c1-16(6-8-18-9-7-16)12-17-11-14-10-13-4-2-3-5-15(13)19-14/h2-5,14,17H,6-12H2,1H3. The van der Waals surface area contributed by atoms with Crippen molar-refractivity contribution in [3.8, 4) is 5.75 Å². The average molecular weight is 261 g/mol. The van der Waals surface area contributed by atoms with Gasteiger partial charge in [0.25, 0.3) is 0 Å². The number of para-hydroxylation sites is 1. The summed E-state index contributed by atoms with van der Waals surface area (Å²) in [7, 11) is 0. The lowest BCUT2D eigenvalue weighted by atomic mass is 9.82. The van der Waals surface area contributed by atoms with Crippen molar-refractivity contribution in [2.45, 2.75) is 32.3 Å². The van der Waals surface area contributed by atoms with E-state index in [4.69, 9.17) is 9.47 Å². The van der Waals surface area contributed by atoms with Crippen LogP contribution < -0.4 is 10.1 Å². The molecule has 1 unspecified atom stereocenters. The van der Waals surface area contributed by atoms with E-state index in [0.717, 1.165) is 51.3 Å². The van der Waals surface area contributed by atoms with E-state index in [0.29, 0.717) is 11.5 Å². The minimum Gasteiger partial charge on any atom is -0.488 e. The van der Waals surface area contributed by atoms with Crippen LogP contribution in [-0.2, 0) is 11.2 Å². The highest BCUT2D eigenvalue weighted by atomic mass is 16.5. The maximum atomic E-state index is 5.94. The largest absolute Gasteiger partial charge is 0.488 e. The summed E-state index contributed by atoms with van der Waals surface area (Å²) in [5.41, 5.74) is 1.73. The number of nitrogens with one attached hydrogen (secondary N) is 1. The van der Waals surface area contributed by atoms with Crippen LogP contribution in [0.5, 0.6) is 5.75 Å². The van der Waals surface area contributed by atoms with Gasteiger partial charge in [0.2, 0.25) is 0 Å². The van der Waals surface area contributed by atoms with Crippen molar-refractivity contribution in [3.05, 3.63) is 29.8 Å². The Bertz CT molecular complexity index is 402. The first-order valence-electron chi connectivity index (χ1n) is 7.28. The Balaban J connectivity index is 1.44. The molecular weight excluding hydrogens is 238 g/mol. The van der Waals surface area contributed by atoms with Crippen molar-refractivity contribution in [3.63, 3.8) is 0 Å². The van der Waals surface area contributed by atoms with Crippen LogP contribution in [0.25, 0.3) is 0 Å². The van der Waals surface area contributed by atoms with Gasteiger partial charge >= 0.3 is 0 Å². The highest BCUT2D eigenvalue weighted by Crippen LogP contribution is 2.30. The van der Waals surface area contributed by atoms with Crippen LogP contribution in [-0.4, -0.2) is 32.4 Å². The zero-order valence-electron chi connectivity index (χ0n) is 11.7. The molecule has 3 heteroatoms. The molecule has 19 heavy (non-hydrogen) atoms. The number of benzene rings is 1. The second-order valence-corrected chi connectivity index (χ2v) is 6.11. The summed E-state index contributed by atoms with van der Waals surface area (Å²) in [6.45, 7) is 6.16. The number of rotatable bonds is 4. The molecule has 1 aromatic carbocycles. The van der Waals surface area contributed by atoms with E-state index in [2.05, 4.69) is 30.4 Å². The van der Waals surface area contributed by atoms with Crippen LogP contribution in [0.4, 0.5) is 0 Å². The van der Waals surface area contributed by atoms with Crippen molar-refractivity contribution >= 4 is 0 Å². The number of ether oxygens (including phenoxy) is 2. The molecule has 1 fully saturated rings. The average Bonchev–Trinajstić information content (AvgIpc) is 2.82. The van der Waals surface area contributed by atoms with E-state index in [-0.39, 0.29) is 0 Å². The van der Waals surface area contributed by atoms with Gasteiger partial charge in [-0.3, -0.25) is 0 Å². The molecule has 0 spiro atoms. The van der Waals surface area contributed by atoms with Gasteiger partial charge < -0.3 is 14.8 Å². The lowest BCUT2D eigenvalue weighted by Gasteiger charge is -2.34. The second kappa shape index (κ2) is 5.51. The van der Waals surface area contributed by atoms with Crippen molar-refractivity contribution in [2.75, 3.05) is 26.3 Å². The SMILES string of the molecule is CC1(CNCC2Cc3ccccc3O2)CCOCC1. The molecule has 0 radical (unpaired) electrons. The highest BCUT2D eigenvalue weighted by molar-refractivity contribution is 5.37. The third-order valence-corrected chi connectivity index (χ3v) is 4.34. The van der Waals surface area contributed by atoms with Crippen LogP contribution in [0, 0.1) is 5.41 Å². The van der Waals surface area contributed by atoms with Gasteiger partial charge in [-0.05, 0) is 29.9 Å². The van der Waals surface area contributed by atoms with E-state index in [1.165, 1.54) is 5.56 Å². The van der Waals surface area contributed by atoms with Crippen LogP contribution in [0.15, 0.2) is 24.3 Å². The third-order valence-electron chi connectivity index (χ3n) is 4.34. The van der Waals surface area contributed by atoms with Crippen molar-refractivity contribution in [1.82, 2.24) is 5.32 Å².